The van der Waals surface area contributed by atoms with Crippen molar-refractivity contribution >= 4 is 18.0 Å². The van der Waals surface area contributed by atoms with E-state index in [9.17, 15) is 0 Å². The van der Waals surface area contributed by atoms with Crippen LogP contribution in [0.2, 0.25) is 0 Å². The maximum Gasteiger partial charge on any atom is 0.146 e. The summed E-state index contributed by atoms with van der Waals surface area (Å²) < 4.78 is 0. The molecule has 2 aliphatic rings. The highest BCUT2D eigenvalue weighted by molar-refractivity contribution is 5.82. The number of hydrogen-bond acceptors (Lipinski definition) is 2. The van der Waals surface area contributed by atoms with Crippen molar-refractivity contribution in [1.82, 2.24) is 0 Å². The smallest absolute Gasteiger partial charge is 0.146 e. The van der Waals surface area contributed by atoms with Gasteiger partial charge in [0.15, 0.2) is 0 Å². The molecule has 0 saturated heterocycles. The van der Waals surface area contributed by atoms with Crippen LogP contribution in [0.4, 0.5) is 5.69 Å². The van der Waals surface area contributed by atoms with Crippen LogP contribution >= 0.6 is 0 Å². The zero-order chi connectivity index (χ0) is 10.3. The van der Waals surface area contributed by atoms with Crippen LogP contribution in [0, 0.1) is 0 Å². The van der Waals surface area contributed by atoms with Gasteiger partial charge in [-0.2, -0.15) is 0 Å². The van der Waals surface area contributed by atoms with E-state index in [0.717, 1.165) is 0 Å². The molecule has 0 amide bonds. The Hall–Kier alpha value is -1.83. The number of likely N-dealkylation sites (N-methyl/N-ethyl adjacent to an activating group) is 1. The SMILES string of the molecule is CN1c2ccccc2C=C2C=CC=NC21. The van der Waals surface area contributed by atoms with Crippen LogP contribution < -0.4 is 4.90 Å². The van der Waals surface area contributed by atoms with Crippen molar-refractivity contribution in [3.8, 4) is 0 Å². The van der Waals surface area contributed by atoms with Gasteiger partial charge in [-0.05, 0) is 29.4 Å². The fourth-order valence-electron chi connectivity index (χ4n) is 2.15. The minimum absolute atomic E-state index is 0.157. The van der Waals surface area contributed by atoms with Gasteiger partial charge >= 0.3 is 0 Å². The van der Waals surface area contributed by atoms with Crippen LogP contribution in [-0.4, -0.2) is 19.4 Å². The molecule has 2 heteroatoms. The van der Waals surface area contributed by atoms with Crippen molar-refractivity contribution in [1.29, 1.82) is 0 Å². The van der Waals surface area contributed by atoms with Crippen LogP contribution in [0.15, 0.2) is 47.0 Å². The summed E-state index contributed by atoms with van der Waals surface area (Å²) in [7, 11) is 2.09. The summed E-state index contributed by atoms with van der Waals surface area (Å²) in [6.07, 6.45) is 8.36. The highest BCUT2D eigenvalue weighted by atomic mass is 15.2. The lowest BCUT2D eigenvalue weighted by molar-refractivity contribution is 0.758. The largest absolute Gasteiger partial charge is 0.349 e. The molecule has 2 aliphatic heterocycles. The van der Waals surface area contributed by atoms with Gasteiger partial charge in [0, 0.05) is 18.9 Å². The zero-order valence-corrected chi connectivity index (χ0v) is 8.59. The number of nitrogens with zero attached hydrogens (tertiary/aromatic N) is 2. The van der Waals surface area contributed by atoms with Gasteiger partial charge in [0.05, 0.1) is 0 Å². The average Bonchev–Trinajstić information content (AvgIpc) is 2.30. The molecule has 0 aliphatic carbocycles. The van der Waals surface area contributed by atoms with Gasteiger partial charge in [-0.25, -0.2) is 0 Å². The van der Waals surface area contributed by atoms with Gasteiger partial charge < -0.3 is 4.90 Å². The number of rotatable bonds is 0. The van der Waals surface area contributed by atoms with Crippen LogP contribution in [-0.2, 0) is 0 Å². The fourth-order valence-corrected chi connectivity index (χ4v) is 2.15. The number of benzene rings is 1. The third-order valence-corrected chi connectivity index (χ3v) is 2.91. The molecule has 2 nitrogen and oxygen atoms in total. The van der Waals surface area contributed by atoms with E-state index in [1.807, 2.05) is 12.3 Å². The van der Waals surface area contributed by atoms with Crippen LogP contribution in [0.25, 0.3) is 6.08 Å². The highest BCUT2D eigenvalue weighted by Gasteiger charge is 2.23. The predicted molar refractivity (Wildman–Crippen MR) is 64.2 cm³/mol. The van der Waals surface area contributed by atoms with Gasteiger partial charge in [0.2, 0.25) is 0 Å². The zero-order valence-electron chi connectivity index (χ0n) is 8.59. The van der Waals surface area contributed by atoms with Crippen LogP contribution in [0.3, 0.4) is 0 Å². The Labute approximate surface area is 89.3 Å². The Bertz CT molecular complexity index is 483. The summed E-state index contributed by atoms with van der Waals surface area (Å²) in [5, 5.41) is 0. The standard InChI is InChI=1S/C13H12N2/c1-15-12-7-3-2-5-10(12)9-11-6-4-8-14-13(11)15/h2-9,13H,1H3. The van der Waals surface area contributed by atoms with Crippen LogP contribution in [0.5, 0.6) is 0 Å². The second-order valence-electron chi connectivity index (χ2n) is 3.84. The normalized spacial score (nSPS) is 22.1. The molecular weight excluding hydrogens is 184 g/mol. The van der Waals surface area contributed by atoms with Gasteiger partial charge in [0.1, 0.15) is 6.17 Å². The Kier molecular flexibility index (Phi) is 1.75. The number of allylic oxidation sites excluding steroid dienone is 1. The number of anilines is 1. The lowest BCUT2D eigenvalue weighted by Gasteiger charge is -2.33. The first-order chi connectivity index (χ1) is 7.36. The third kappa shape index (κ3) is 1.22. The second kappa shape index (κ2) is 3.09. The molecule has 1 unspecified atom stereocenters. The topological polar surface area (TPSA) is 15.6 Å². The van der Waals surface area contributed by atoms with Gasteiger partial charge in [0.25, 0.3) is 0 Å². The number of fused-ring (bicyclic) bond motifs is 2. The molecule has 3 rings (SSSR count). The first-order valence-electron chi connectivity index (χ1n) is 5.09. The Morgan fingerprint density at radius 2 is 2.13 bits per heavy atom. The second-order valence-corrected chi connectivity index (χ2v) is 3.84. The monoisotopic (exact) mass is 196 g/mol. The molecule has 0 spiro atoms. The van der Waals surface area contributed by atoms with Crippen molar-refractivity contribution < 1.29 is 0 Å². The van der Waals surface area contributed by atoms with E-state index in [1.165, 1.54) is 16.8 Å². The molecule has 0 radical (unpaired) electrons. The van der Waals surface area contributed by atoms with Crippen molar-refractivity contribution in [3.63, 3.8) is 0 Å². The summed E-state index contributed by atoms with van der Waals surface area (Å²) in [4.78, 5) is 6.69. The lowest BCUT2D eigenvalue weighted by atomic mass is 9.99. The van der Waals surface area contributed by atoms with Gasteiger partial charge in [-0.15, -0.1) is 0 Å². The molecule has 0 N–H and O–H groups in total. The molecule has 2 heterocycles. The first-order valence-corrected chi connectivity index (χ1v) is 5.09. The Morgan fingerprint density at radius 1 is 1.27 bits per heavy atom. The van der Waals surface area contributed by atoms with E-state index in [-0.39, 0.29) is 6.17 Å². The van der Waals surface area contributed by atoms with Gasteiger partial charge in [-0.1, -0.05) is 24.3 Å². The third-order valence-electron chi connectivity index (χ3n) is 2.91. The predicted octanol–water partition coefficient (Wildman–Crippen LogP) is 2.49. The molecule has 1 atom stereocenters. The van der Waals surface area contributed by atoms with Crippen molar-refractivity contribution in [3.05, 3.63) is 47.6 Å². The number of hydrogen-bond donors (Lipinski definition) is 0. The van der Waals surface area contributed by atoms with Crippen molar-refractivity contribution in [2.24, 2.45) is 4.99 Å². The van der Waals surface area contributed by atoms with E-state index in [1.54, 1.807) is 0 Å². The van der Waals surface area contributed by atoms with E-state index < -0.39 is 0 Å². The summed E-state index contributed by atoms with van der Waals surface area (Å²) >= 11 is 0. The van der Waals surface area contributed by atoms with Crippen molar-refractivity contribution in [2.45, 2.75) is 6.17 Å². The van der Waals surface area contributed by atoms with Crippen LogP contribution in [0.1, 0.15) is 5.56 Å². The molecule has 15 heavy (non-hydrogen) atoms. The molecular formula is C13H12N2. The number of para-hydroxylation sites is 1. The lowest BCUT2D eigenvalue weighted by Crippen LogP contribution is -2.34. The van der Waals surface area contributed by atoms with E-state index in [2.05, 4.69) is 53.4 Å². The Balaban J connectivity index is 2.19. The van der Waals surface area contributed by atoms with E-state index in [4.69, 9.17) is 0 Å². The van der Waals surface area contributed by atoms with Gasteiger partial charge in [-0.3, -0.25) is 4.99 Å². The summed E-state index contributed by atoms with van der Waals surface area (Å²) in [6, 6.07) is 8.41. The molecule has 1 aromatic carbocycles. The molecule has 0 bridgehead atoms. The minimum Gasteiger partial charge on any atom is -0.349 e. The van der Waals surface area contributed by atoms with E-state index >= 15 is 0 Å². The maximum absolute atomic E-state index is 4.48. The summed E-state index contributed by atoms with van der Waals surface area (Å²) in [6.45, 7) is 0. The maximum atomic E-state index is 4.48. The average molecular weight is 196 g/mol. The minimum atomic E-state index is 0.157. The molecule has 74 valence electrons. The number of aliphatic imine (C=N–C) groups is 1. The van der Waals surface area contributed by atoms with Crippen molar-refractivity contribution in [2.75, 3.05) is 11.9 Å². The first kappa shape index (κ1) is 8.48. The fraction of sp³-hybridized carbons (Fsp3) is 0.154. The molecule has 1 aromatic rings. The number of dihydropyridines is 1. The van der Waals surface area contributed by atoms with E-state index in [0.29, 0.717) is 0 Å². The summed E-state index contributed by atoms with van der Waals surface area (Å²) in [5.41, 5.74) is 3.78. The highest BCUT2D eigenvalue weighted by Crippen LogP contribution is 2.32. The Morgan fingerprint density at radius 3 is 3.07 bits per heavy atom. The quantitative estimate of drug-likeness (QED) is 0.622. The molecule has 0 saturated carbocycles. The summed E-state index contributed by atoms with van der Waals surface area (Å²) in [5.74, 6) is 0. The molecule has 0 fully saturated rings. The molecule has 0 aromatic heterocycles.